The van der Waals surface area contributed by atoms with E-state index in [0.717, 1.165) is 67.4 Å². The number of benzene rings is 1. The summed E-state index contributed by atoms with van der Waals surface area (Å²) in [6, 6.07) is 7.85. The van der Waals surface area contributed by atoms with Crippen molar-refractivity contribution in [3.8, 4) is 11.8 Å². The third kappa shape index (κ3) is 6.64. The Labute approximate surface area is 211 Å². The van der Waals surface area contributed by atoms with E-state index >= 15 is 0 Å². The van der Waals surface area contributed by atoms with E-state index in [4.69, 9.17) is 15.1 Å². The summed E-state index contributed by atoms with van der Waals surface area (Å²) in [5, 5.41) is 17.5. The fourth-order valence-corrected chi connectivity index (χ4v) is 4.98. The molecule has 1 aliphatic carbocycles. The number of allylic oxidation sites excluding steroid dienone is 2. The molecule has 1 aromatic carbocycles. The third-order valence-electron chi connectivity index (χ3n) is 6.69. The van der Waals surface area contributed by atoms with E-state index in [-0.39, 0.29) is 12.6 Å². The summed E-state index contributed by atoms with van der Waals surface area (Å²) in [7, 11) is 0. The minimum Gasteiger partial charge on any atom is -0.485 e. The largest absolute Gasteiger partial charge is 0.485 e. The Morgan fingerprint density at radius 1 is 1.08 bits per heavy atom. The van der Waals surface area contributed by atoms with Crippen LogP contribution in [0.1, 0.15) is 49.7 Å². The Bertz CT molecular complexity index is 1090. The van der Waals surface area contributed by atoms with Gasteiger partial charge in [-0.3, -0.25) is 19.8 Å². The number of rotatable bonds is 10. The number of nitrogens with zero attached hydrogens (tertiary/aromatic N) is 2. The molecule has 1 amide bonds. The summed E-state index contributed by atoms with van der Waals surface area (Å²) in [4.78, 5) is 27.1. The predicted molar refractivity (Wildman–Crippen MR) is 136 cm³/mol. The zero-order valence-electron chi connectivity index (χ0n) is 20.4. The van der Waals surface area contributed by atoms with Gasteiger partial charge in [-0.1, -0.05) is 30.2 Å². The highest BCUT2D eigenvalue weighted by molar-refractivity contribution is 5.85. The van der Waals surface area contributed by atoms with E-state index in [9.17, 15) is 9.59 Å². The maximum Gasteiger partial charge on any atom is 0.328 e. The van der Waals surface area contributed by atoms with Gasteiger partial charge in [0.15, 0.2) is 5.76 Å². The molecule has 1 aromatic rings. The predicted octanol–water partition coefficient (Wildman–Crippen LogP) is 3.26. The summed E-state index contributed by atoms with van der Waals surface area (Å²) in [6.45, 7) is 4.66. The van der Waals surface area contributed by atoms with Crippen molar-refractivity contribution in [2.24, 2.45) is 0 Å². The Hall–Kier alpha value is -3.38. The van der Waals surface area contributed by atoms with Crippen LogP contribution >= 0.6 is 0 Å². The van der Waals surface area contributed by atoms with Crippen molar-refractivity contribution in [2.45, 2.75) is 44.7 Å². The van der Waals surface area contributed by atoms with Gasteiger partial charge in [0, 0.05) is 50.7 Å². The summed E-state index contributed by atoms with van der Waals surface area (Å²) < 4.78 is 6.22. The first-order valence-corrected chi connectivity index (χ1v) is 12.5. The lowest BCUT2D eigenvalue weighted by Gasteiger charge is -2.48. The number of carboxylic acid groups (broad SMARTS) is 1. The molecule has 2 saturated heterocycles. The van der Waals surface area contributed by atoms with Crippen molar-refractivity contribution >= 4 is 23.5 Å². The van der Waals surface area contributed by atoms with Crippen LogP contribution in [0.5, 0.6) is 0 Å². The smallest absolute Gasteiger partial charge is 0.328 e. The Morgan fingerprint density at radius 2 is 1.78 bits per heavy atom. The number of aliphatic carboxylic acids is 1. The lowest BCUT2D eigenvalue weighted by Crippen LogP contribution is -2.58. The SMILES string of the molecule is O=C(O)/C=C/c1ccc(C2=CC(C3N4CCCN3CCC4)=C(OCCCCC(=O)NO)C#CC2)cc1. The summed E-state index contributed by atoms with van der Waals surface area (Å²) >= 11 is 0. The van der Waals surface area contributed by atoms with Crippen LogP contribution in [0.4, 0.5) is 0 Å². The number of ether oxygens (including phenoxy) is 1. The van der Waals surface area contributed by atoms with Gasteiger partial charge < -0.3 is 9.84 Å². The molecule has 0 atom stereocenters. The number of carbonyl (C=O) groups excluding carboxylic acids is 1. The molecule has 2 heterocycles. The van der Waals surface area contributed by atoms with E-state index in [1.54, 1.807) is 11.6 Å². The van der Waals surface area contributed by atoms with Gasteiger partial charge in [0.25, 0.3) is 0 Å². The van der Waals surface area contributed by atoms with Gasteiger partial charge in [-0.15, -0.1) is 0 Å². The second kappa shape index (κ2) is 12.5. The summed E-state index contributed by atoms with van der Waals surface area (Å²) in [6.07, 6.45) is 9.51. The molecule has 2 fully saturated rings. The molecule has 0 saturated carbocycles. The second-order valence-corrected chi connectivity index (χ2v) is 9.22. The number of unbranched alkanes of at least 4 members (excludes halogenated alkanes) is 1. The van der Waals surface area contributed by atoms with Crippen LogP contribution in [-0.4, -0.2) is 70.9 Å². The number of carbonyl (C=O) groups is 2. The Morgan fingerprint density at radius 3 is 2.42 bits per heavy atom. The average Bonchev–Trinajstić information content (AvgIpc) is 3.09. The van der Waals surface area contributed by atoms with Crippen molar-refractivity contribution in [3.63, 3.8) is 0 Å². The molecular formula is C28H33N3O5. The fraction of sp³-hybridized carbons (Fsp3) is 0.429. The average molecular weight is 492 g/mol. The fourth-order valence-electron chi connectivity index (χ4n) is 4.98. The van der Waals surface area contributed by atoms with Crippen LogP contribution < -0.4 is 5.48 Å². The summed E-state index contributed by atoms with van der Waals surface area (Å²) in [5.74, 6) is 5.89. The molecule has 0 aromatic heterocycles. The number of nitrogens with one attached hydrogen (secondary N) is 1. The minimum atomic E-state index is -0.970. The highest BCUT2D eigenvalue weighted by Crippen LogP contribution is 2.32. The van der Waals surface area contributed by atoms with Gasteiger partial charge in [-0.2, -0.15) is 0 Å². The van der Waals surface area contributed by atoms with E-state index < -0.39 is 11.9 Å². The molecular weight excluding hydrogens is 458 g/mol. The number of fused-ring (bicyclic) bond motifs is 2. The number of hydroxylamine groups is 1. The molecule has 8 heteroatoms. The first kappa shape index (κ1) is 25.7. The first-order chi connectivity index (χ1) is 17.5. The van der Waals surface area contributed by atoms with Gasteiger partial charge >= 0.3 is 5.97 Å². The molecule has 0 radical (unpaired) electrons. The first-order valence-electron chi connectivity index (χ1n) is 12.5. The van der Waals surface area contributed by atoms with E-state index in [1.807, 2.05) is 24.3 Å². The third-order valence-corrected chi connectivity index (χ3v) is 6.69. The van der Waals surface area contributed by atoms with E-state index in [0.29, 0.717) is 31.6 Å². The van der Waals surface area contributed by atoms with Crippen LogP contribution in [0.15, 0.2) is 47.7 Å². The van der Waals surface area contributed by atoms with Crippen molar-refractivity contribution in [1.29, 1.82) is 0 Å². The van der Waals surface area contributed by atoms with Gasteiger partial charge in [0.05, 0.1) is 12.8 Å². The molecule has 2 aliphatic heterocycles. The summed E-state index contributed by atoms with van der Waals surface area (Å²) in [5.41, 5.74) is 5.73. The lowest BCUT2D eigenvalue weighted by molar-refractivity contribution is -0.131. The van der Waals surface area contributed by atoms with E-state index in [1.165, 1.54) is 0 Å². The molecule has 3 aliphatic rings. The Kier molecular flexibility index (Phi) is 8.95. The van der Waals surface area contributed by atoms with Crippen LogP contribution in [-0.2, 0) is 14.3 Å². The van der Waals surface area contributed by atoms with Gasteiger partial charge in [-0.05, 0) is 60.5 Å². The highest BCUT2D eigenvalue weighted by atomic mass is 16.5. The normalized spacial score (nSPS) is 23.4. The zero-order chi connectivity index (χ0) is 25.3. The molecule has 2 bridgehead atoms. The maximum absolute atomic E-state index is 11.3. The topological polar surface area (TPSA) is 102 Å². The molecule has 4 rings (SSSR count). The van der Waals surface area contributed by atoms with Crippen LogP contribution in [0.25, 0.3) is 11.6 Å². The zero-order valence-corrected chi connectivity index (χ0v) is 20.4. The molecule has 36 heavy (non-hydrogen) atoms. The van der Waals surface area contributed by atoms with Gasteiger partial charge in [0.1, 0.15) is 0 Å². The van der Waals surface area contributed by atoms with Crippen LogP contribution in [0.2, 0.25) is 0 Å². The van der Waals surface area contributed by atoms with Crippen molar-refractivity contribution < 1.29 is 24.6 Å². The molecule has 3 N–H and O–H groups in total. The number of amides is 1. The second-order valence-electron chi connectivity index (χ2n) is 9.22. The minimum absolute atomic E-state index is 0.128. The molecule has 0 unspecified atom stereocenters. The number of hydrogen-bond donors (Lipinski definition) is 3. The molecule has 8 nitrogen and oxygen atoms in total. The standard InChI is InChI=1S/C28H33N3O5/c32-26(29-35)8-1-2-19-36-25-7-3-6-23(22-12-9-21(10-13-22)11-14-27(33)34)20-24(25)28-30-15-4-16-31(28)18-5-17-30/h9-14,20,28,35H,1-2,4-6,8,15-19H2,(H,29,32)(H,33,34)/b14-11+. The molecule has 190 valence electrons. The van der Waals surface area contributed by atoms with Crippen molar-refractivity contribution in [1.82, 2.24) is 15.3 Å². The van der Waals surface area contributed by atoms with Gasteiger partial charge in [0.2, 0.25) is 5.91 Å². The van der Waals surface area contributed by atoms with Crippen molar-refractivity contribution in [2.75, 3.05) is 32.8 Å². The monoisotopic (exact) mass is 491 g/mol. The van der Waals surface area contributed by atoms with Gasteiger partial charge in [-0.25, -0.2) is 10.3 Å². The highest BCUT2D eigenvalue weighted by Gasteiger charge is 2.36. The quantitative estimate of drug-likeness (QED) is 0.152. The van der Waals surface area contributed by atoms with Crippen molar-refractivity contribution in [3.05, 3.63) is 58.9 Å². The van der Waals surface area contributed by atoms with Crippen LogP contribution in [0.3, 0.4) is 0 Å². The van der Waals surface area contributed by atoms with Crippen LogP contribution in [0, 0.1) is 11.8 Å². The van der Waals surface area contributed by atoms with E-state index in [2.05, 4.69) is 27.7 Å². The maximum atomic E-state index is 11.3. The lowest BCUT2D eigenvalue weighted by atomic mass is 9.96. The number of carboxylic acids is 1. The Balaban J connectivity index is 1.59. The molecule has 0 spiro atoms. The number of hydrogen-bond acceptors (Lipinski definition) is 6.